The van der Waals surface area contributed by atoms with E-state index in [2.05, 4.69) is 11.9 Å². The number of aromatic nitrogens is 1. The van der Waals surface area contributed by atoms with Crippen LogP contribution in [0.4, 0.5) is 5.69 Å². The van der Waals surface area contributed by atoms with Crippen LogP contribution in [0.25, 0.3) is 0 Å². The molecule has 0 bridgehead atoms. The van der Waals surface area contributed by atoms with Gasteiger partial charge in [-0.05, 0) is 24.8 Å². The van der Waals surface area contributed by atoms with Crippen molar-refractivity contribution in [2.24, 2.45) is 5.92 Å². The van der Waals surface area contributed by atoms with Crippen molar-refractivity contribution in [3.05, 3.63) is 18.5 Å². The minimum Gasteiger partial charge on any atom is -0.398 e. The molecular weight excluding hydrogens is 250 g/mol. The average molecular weight is 269 g/mol. The van der Waals surface area contributed by atoms with Crippen LogP contribution in [0.2, 0.25) is 0 Å². The fourth-order valence-corrected chi connectivity index (χ4v) is 4.00. The van der Waals surface area contributed by atoms with Crippen molar-refractivity contribution in [1.82, 2.24) is 9.29 Å². The van der Waals surface area contributed by atoms with Crippen LogP contribution in [0.3, 0.4) is 0 Å². The molecule has 2 N–H and O–H groups in total. The summed E-state index contributed by atoms with van der Waals surface area (Å²) in [5.41, 5.74) is 5.99. The van der Waals surface area contributed by atoms with Gasteiger partial charge in [0.1, 0.15) is 4.90 Å². The molecule has 1 unspecified atom stereocenters. The summed E-state index contributed by atoms with van der Waals surface area (Å²) in [7, 11) is -3.47. The van der Waals surface area contributed by atoms with Crippen LogP contribution in [-0.4, -0.2) is 30.8 Å². The highest BCUT2D eigenvalue weighted by molar-refractivity contribution is 7.89. The SMILES string of the molecule is CCCC1CCN(S(=O)(=O)c2cnccc2N)C1. The molecule has 0 aromatic carbocycles. The Balaban J connectivity index is 2.21. The Morgan fingerprint density at radius 3 is 3.00 bits per heavy atom. The summed E-state index contributed by atoms with van der Waals surface area (Å²) in [6.45, 7) is 3.31. The monoisotopic (exact) mass is 269 g/mol. The average Bonchev–Trinajstić information content (AvgIpc) is 2.79. The highest BCUT2D eigenvalue weighted by Crippen LogP contribution is 2.28. The molecule has 100 valence electrons. The third-order valence-electron chi connectivity index (χ3n) is 3.38. The normalized spacial score (nSPS) is 21.3. The Labute approximate surface area is 108 Å². The third kappa shape index (κ3) is 2.49. The number of pyridine rings is 1. The number of nitrogens with zero attached hydrogens (tertiary/aromatic N) is 2. The van der Waals surface area contributed by atoms with Crippen molar-refractivity contribution < 1.29 is 8.42 Å². The van der Waals surface area contributed by atoms with Gasteiger partial charge in [-0.3, -0.25) is 4.98 Å². The molecule has 1 aromatic rings. The Hall–Kier alpha value is -1.14. The zero-order valence-corrected chi connectivity index (χ0v) is 11.4. The number of nitrogens with two attached hydrogens (primary N) is 1. The largest absolute Gasteiger partial charge is 0.398 e. The van der Waals surface area contributed by atoms with Crippen LogP contribution in [-0.2, 0) is 10.0 Å². The molecule has 1 atom stereocenters. The summed E-state index contributed by atoms with van der Waals surface area (Å²) in [5.74, 6) is 0.475. The van der Waals surface area contributed by atoms with Gasteiger partial charge < -0.3 is 5.73 Å². The van der Waals surface area contributed by atoms with E-state index in [9.17, 15) is 8.42 Å². The third-order valence-corrected chi connectivity index (χ3v) is 5.29. The summed E-state index contributed by atoms with van der Waals surface area (Å²) in [4.78, 5) is 3.98. The lowest BCUT2D eigenvalue weighted by molar-refractivity contribution is 0.444. The molecule has 18 heavy (non-hydrogen) atoms. The Bertz CT molecular complexity index is 516. The Morgan fingerprint density at radius 1 is 1.56 bits per heavy atom. The molecule has 0 saturated carbocycles. The fourth-order valence-electron chi connectivity index (χ4n) is 2.40. The van der Waals surface area contributed by atoms with Crippen molar-refractivity contribution in [3.63, 3.8) is 0 Å². The lowest BCUT2D eigenvalue weighted by atomic mass is 10.0. The number of rotatable bonds is 4. The lowest BCUT2D eigenvalue weighted by Crippen LogP contribution is -2.29. The molecule has 1 saturated heterocycles. The van der Waals surface area contributed by atoms with E-state index in [4.69, 9.17) is 5.73 Å². The first kappa shape index (κ1) is 13.3. The summed E-state index contributed by atoms with van der Waals surface area (Å²) in [6, 6.07) is 1.52. The van der Waals surface area contributed by atoms with Crippen LogP contribution in [0.5, 0.6) is 0 Å². The van der Waals surface area contributed by atoms with E-state index in [0.717, 1.165) is 19.3 Å². The van der Waals surface area contributed by atoms with Crippen molar-refractivity contribution in [2.75, 3.05) is 18.8 Å². The lowest BCUT2D eigenvalue weighted by Gasteiger charge is -2.17. The minimum atomic E-state index is -3.47. The van der Waals surface area contributed by atoms with Crippen LogP contribution in [0.1, 0.15) is 26.2 Å². The van der Waals surface area contributed by atoms with E-state index in [1.807, 2.05) is 0 Å². The standard InChI is InChI=1S/C12H19N3O2S/c1-2-3-10-5-7-15(9-10)18(16,17)12-8-14-6-4-11(12)13/h4,6,8,10H,2-3,5,7,9H2,1H3,(H2,13,14). The first-order valence-electron chi connectivity index (χ1n) is 6.25. The highest BCUT2D eigenvalue weighted by Gasteiger charge is 2.33. The van der Waals surface area contributed by atoms with Gasteiger partial charge in [-0.15, -0.1) is 0 Å². The second-order valence-electron chi connectivity index (χ2n) is 4.72. The molecule has 6 heteroatoms. The molecule has 2 rings (SSSR count). The topological polar surface area (TPSA) is 76.3 Å². The van der Waals surface area contributed by atoms with Gasteiger partial charge in [-0.1, -0.05) is 13.3 Å². The van der Waals surface area contributed by atoms with Crippen molar-refractivity contribution in [3.8, 4) is 0 Å². The van der Waals surface area contributed by atoms with Gasteiger partial charge in [0, 0.05) is 25.5 Å². The van der Waals surface area contributed by atoms with Crippen molar-refractivity contribution >= 4 is 15.7 Å². The molecule has 0 spiro atoms. The number of hydrogen-bond donors (Lipinski definition) is 1. The molecule has 1 aromatic heterocycles. The maximum absolute atomic E-state index is 12.4. The first-order chi connectivity index (χ1) is 8.55. The summed E-state index contributed by atoms with van der Waals surface area (Å²) >= 11 is 0. The van der Waals surface area contributed by atoms with E-state index in [0.29, 0.717) is 19.0 Å². The van der Waals surface area contributed by atoms with Crippen LogP contribution < -0.4 is 5.73 Å². The van der Waals surface area contributed by atoms with E-state index in [1.165, 1.54) is 22.8 Å². The quantitative estimate of drug-likeness (QED) is 0.898. The van der Waals surface area contributed by atoms with Gasteiger partial charge in [-0.2, -0.15) is 4.31 Å². The van der Waals surface area contributed by atoms with Gasteiger partial charge in [0.2, 0.25) is 10.0 Å². The second-order valence-corrected chi connectivity index (χ2v) is 6.63. The molecule has 1 aliphatic heterocycles. The molecular formula is C12H19N3O2S. The Morgan fingerprint density at radius 2 is 2.33 bits per heavy atom. The van der Waals surface area contributed by atoms with Gasteiger partial charge >= 0.3 is 0 Å². The van der Waals surface area contributed by atoms with Crippen LogP contribution >= 0.6 is 0 Å². The van der Waals surface area contributed by atoms with E-state index >= 15 is 0 Å². The summed E-state index contributed by atoms with van der Waals surface area (Å²) in [6.07, 6.45) is 5.94. The number of nitrogen functional groups attached to an aromatic ring is 1. The smallest absolute Gasteiger partial charge is 0.246 e. The van der Waals surface area contributed by atoms with E-state index in [1.54, 1.807) is 0 Å². The van der Waals surface area contributed by atoms with E-state index in [-0.39, 0.29) is 10.6 Å². The number of anilines is 1. The zero-order valence-electron chi connectivity index (χ0n) is 10.5. The maximum Gasteiger partial charge on any atom is 0.246 e. The van der Waals surface area contributed by atoms with E-state index < -0.39 is 10.0 Å². The van der Waals surface area contributed by atoms with Crippen molar-refractivity contribution in [1.29, 1.82) is 0 Å². The summed E-state index contributed by atoms with van der Waals surface area (Å²) < 4.78 is 26.4. The van der Waals surface area contributed by atoms with Gasteiger partial charge in [0.05, 0.1) is 5.69 Å². The van der Waals surface area contributed by atoms with Gasteiger partial charge in [-0.25, -0.2) is 8.42 Å². The maximum atomic E-state index is 12.4. The molecule has 2 heterocycles. The van der Waals surface area contributed by atoms with Gasteiger partial charge in [0.15, 0.2) is 0 Å². The number of hydrogen-bond acceptors (Lipinski definition) is 4. The second kappa shape index (κ2) is 5.24. The van der Waals surface area contributed by atoms with Gasteiger partial charge in [0.25, 0.3) is 0 Å². The Kier molecular flexibility index (Phi) is 3.87. The molecule has 0 aliphatic carbocycles. The molecule has 1 aliphatic rings. The van der Waals surface area contributed by atoms with Crippen molar-refractivity contribution in [2.45, 2.75) is 31.1 Å². The fraction of sp³-hybridized carbons (Fsp3) is 0.583. The summed E-state index contributed by atoms with van der Waals surface area (Å²) in [5, 5.41) is 0. The molecule has 1 fully saturated rings. The predicted molar refractivity (Wildman–Crippen MR) is 70.4 cm³/mol. The van der Waals surface area contributed by atoms with Crippen LogP contribution in [0.15, 0.2) is 23.4 Å². The van der Waals surface area contributed by atoms with Crippen LogP contribution in [0, 0.1) is 5.92 Å². The number of sulfonamides is 1. The predicted octanol–water partition coefficient (Wildman–Crippen LogP) is 1.47. The molecule has 0 radical (unpaired) electrons. The molecule has 5 nitrogen and oxygen atoms in total. The zero-order chi connectivity index (χ0) is 13.2. The minimum absolute atomic E-state index is 0.127. The molecule has 0 amide bonds. The first-order valence-corrected chi connectivity index (χ1v) is 7.69. The highest BCUT2D eigenvalue weighted by atomic mass is 32.2.